The molecule has 0 unspecified atom stereocenters. The first-order chi connectivity index (χ1) is 17.0. The standard InChI is InChI=1S/C28H25F2N3OS/c1-17-8-13-20(15-23(17)30)31-28(34)33-16-22-21-5-2-3-7-25(21)35-27(22)32-14-4-6-24(32)26(33)18-9-11-19(29)12-10-18/h4,6,8-15,26H,2-3,5,7,16H2,1H3,(H,31,34)/t26-/m1/s1. The number of thiophene rings is 1. The smallest absolute Gasteiger partial charge is 0.310 e. The van der Waals surface area contributed by atoms with Crippen LogP contribution in [0.1, 0.15) is 51.7 Å². The summed E-state index contributed by atoms with van der Waals surface area (Å²) in [4.78, 5) is 17.0. The third-order valence-corrected chi connectivity index (χ3v) is 8.38. The molecule has 4 aromatic rings. The Bertz CT molecular complexity index is 1420. The molecular weight excluding hydrogens is 464 g/mol. The van der Waals surface area contributed by atoms with Gasteiger partial charge in [0, 0.05) is 22.3 Å². The SMILES string of the molecule is Cc1ccc(NC(=O)N2Cc3c(sc4c3CCCC4)-n3cccc3[C@H]2c2ccc(F)cc2)cc1F. The second kappa shape index (κ2) is 8.64. The molecule has 3 heterocycles. The average molecular weight is 490 g/mol. The number of amides is 2. The van der Waals surface area contributed by atoms with E-state index >= 15 is 0 Å². The van der Waals surface area contributed by atoms with Gasteiger partial charge in [0.25, 0.3) is 0 Å². The van der Waals surface area contributed by atoms with Gasteiger partial charge in [-0.3, -0.25) is 0 Å². The molecule has 0 saturated carbocycles. The van der Waals surface area contributed by atoms with Crippen molar-refractivity contribution >= 4 is 23.1 Å². The van der Waals surface area contributed by atoms with Gasteiger partial charge in [-0.15, -0.1) is 11.3 Å². The number of rotatable bonds is 2. The van der Waals surface area contributed by atoms with Crippen LogP contribution >= 0.6 is 11.3 Å². The first kappa shape index (κ1) is 22.0. The van der Waals surface area contributed by atoms with E-state index in [4.69, 9.17) is 0 Å². The van der Waals surface area contributed by atoms with Gasteiger partial charge >= 0.3 is 6.03 Å². The van der Waals surface area contributed by atoms with Crippen LogP contribution < -0.4 is 5.32 Å². The average Bonchev–Trinajstić information content (AvgIpc) is 3.44. The van der Waals surface area contributed by atoms with Crippen molar-refractivity contribution in [2.75, 3.05) is 5.32 Å². The molecule has 7 heteroatoms. The summed E-state index contributed by atoms with van der Waals surface area (Å²) in [6, 6.07) is 14.3. The predicted molar refractivity (Wildman–Crippen MR) is 134 cm³/mol. The third kappa shape index (κ3) is 3.84. The number of urea groups is 1. The van der Waals surface area contributed by atoms with Crippen LogP contribution in [0.25, 0.3) is 5.00 Å². The van der Waals surface area contributed by atoms with Crippen LogP contribution in [0.4, 0.5) is 19.3 Å². The quantitative estimate of drug-likeness (QED) is 0.319. The van der Waals surface area contributed by atoms with Crippen molar-refractivity contribution in [2.24, 2.45) is 0 Å². The molecule has 0 spiro atoms. The lowest BCUT2D eigenvalue weighted by atomic mass is 9.95. The van der Waals surface area contributed by atoms with Gasteiger partial charge in [-0.1, -0.05) is 18.2 Å². The number of nitrogens with one attached hydrogen (secondary N) is 1. The molecule has 2 aliphatic rings. The van der Waals surface area contributed by atoms with Crippen LogP contribution in [0.15, 0.2) is 60.8 Å². The predicted octanol–water partition coefficient (Wildman–Crippen LogP) is 7.14. The van der Waals surface area contributed by atoms with Gasteiger partial charge in [-0.25, -0.2) is 13.6 Å². The number of aryl methyl sites for hydroxylation is 2. The number of aromatic nitrogens is 1. The molecule has 0 saturated heterocycles. The number of fused-ring (bicyclic) bond motifs is 5. The lowest BCUT2D eigenvalue weighted by molar-refractivity contribution is 0.194. The van der Waals surface area contributed by atoms with Crippen LogP contribution in [0.2, 0.25) is 0 Å². The number of nitrogens with zero attached hydrogens (tertiary/aromatic N) is 2. The molecule has 1 aliphatic heterocycles. The van der Waals surface area contributed by atoms with E-state index in [0.717, 1.165) is 35.5 Å². The maximum Gasteiger partial charge on any atom is 0.322 e. The minimum atomic E-state index is -0.431. The van der Waals surface area contributed by atoms with Crippen LogP contribution in [0, 0.1) is 18.6 Å². The first-order valence-electron chi connectivity index (χ1n) is 11.9. The van der Waals surface area contributed by atoms with Crippen molar-refractivity contribution in [1.82, 2.24) is 9.47 Å². The van der Waals surface area contributed by atoms with E-state index in [2.05, 4.69) is 9.88 Å². The van der Waals surface area contributed by atoms with Crippen molar-refractivity contribution in [1.29, 1.82) is 0 Å². The van der Waals surface area contributed by atoms with Crippen molar-refractivity contribution < 1.29 is 13.6 Å². The van der Waals surface area contributed by atoms with Crippen molar-refractivity contribution in [3.05, 3.63) is 105 Å². The highest BCUT2D eigenvalue weighted by Gasteiger charge is 2.36. The monoisotopic (exact) mass is 489 g/mol. The van der Waals surface area contributed by atoms with Crippen molar-refractivity contribution in [3.63, 3.8) is 0 Å². The number of anilines is 1. The summed E-state index contributed by atoms with van der Waals surface area (Å²) in [5, 5.41) is 4.07. The third-order valence-electron chi connectivity index (χ3n) is 7.05. The van der Waals surface area contributed by atoms with E-state index < -0.39 is 6.04 Å². The Morgan fingerprint density at radius 2 is 1.83 bits per heavy atom. The van der Waals surface area contributed by atoms with Gasteiger partial charge in [-0.2, -0.15) is 0 Å². The highest BCUT2D eigenvalue weighted by atomic mass is 32.1. The zero-order chi connectivity index (χ0) is 24.1. The Hall–Kier alpha value is -3.45. The summed E-state index contributed by atoms with van der Waals surface area (Å²) in [7, 11) is 0. The van der Waals surface area contributed by atoms with Crippen LogP contribution in [-0.2, 0) is 19.4 Å². The van der Waals surface area contributed by atoms with E-state index in [9.17, 15) is 13.6 Å². The summed E-state index contributed by atoms with van der Waals surface area (Å²) in [6.07, 6.45) is 6.46. The number of halogens is 2. The normalized spacial score (nSPS) is 16.8. The molecule has 35 heavy (non-hydrogen) atoms. The highest BCUT2D eigenvalue weighted by Crippen LogP contribution is 2.44. The van der Waals surface area contributed by atoms with E-state index in [1.165, 1.54) is 40.6 Å². The fraction of sp³-hybridized carbons (Fsp3) is 0.250. The molecular formula is C28H25F2N3OS. The van der Waals surface area contributed by atoms with Gasteiger partial charge < -0.3 is 14.8 Å². The molecule has 1 aliphatic carbocycles. The maximum atomic E-state index is 14.2. The fourth-order valence-electron chi connectivity index (χ4n) is 5.25. The Morgan fingerprint density at radius 1 is 1.03 bits per heavy atom. The van der Waals surface area contributed by atoms with E-state index in [-0.39, 0.29) is 17.7 Å². The molecule has 1 N–H and O–H groups in total. The van der Waals surface area contributed by atoms with Gasteiger partial charge in [-0.05, 0) is 85.7 Å². The summed E-state index contributed by atoms with van der Waals surface area (Å²) in [5.41, 5.74) is 5.23. The highest BCUT2D eigenvalue weighted by molar-refractivity contribution is 7.15. The number of carbonyl (C=O) groups excluding carboxylic acids is 1. The Labute approximate surface area is 206 Å². The topological polar surface area (TPSA) is 37.3 Å². The van der Waals surface area contributed by atoms with Crippen LogP contribution in [0.5, 0.6) is 0 Å². The largest absolute Gasteiger partial charge is 0.322 e. The zero-order valence-corrected chi connectivity index (χ0v) is 20.2. The molecule has 178 valence electrons. The van der Waals surface area contributed by atoms with Gasteiger partial charge in [0.05, 0.1) is 18.3 Å². The van der Waals surface area contributed by atoms with Gasteiger partial charge in [0.15, 0.2) is 0 Å². The van der Waals surface area contributed by atoms with Crippen LogP contribution in [0.3, 0.4) is 0 Å². The minimum Gasteiger partial charge on any atom is -0.310 e. The molecule has 6 rings (SSSR count). The molecule has 2 amide bonds. The van der Waals surface area contributed by atoms with Crippen molar-refractivity contribution in [2.45, 2.75) is 45.2 Å². The molecule has 1 atom stereocenters. The Kier molecular flexibility index (Phi) is 5.44. The molecule has 0 fully saturated rings. The second-order valence-corrected chi connectivity index (χ2v) is 10.4. The molecule has 2 aromatic carbocycles. The number of carbonyl (C=O) groups is 1. The number of hydrogen-bond acceptors (Lipinski definition) is 2. The Balaban J connectivity index is 1.48. The van der Waals surface area contributed by atoms with E-state index in [1.54, 1.807) is 36.1 Å². The zero-order valence-electron chi connectivity index (χ0n) is 19.4. The Morgan fingerprint density at radius 3 is 2.63 bits per heavy atom. The summed E-state index contributed by atoms with van der Waals surface area (Å²) < 4.78 is 30.2. The molecule has 4 nitrogen and oxygen atoms in total. The lowest BCUT2D eigenvalue weighted by Gasteiger charge is -2.31. The van der Waals surface area contributed by atoms with Crippen molar-refractivity contribution in [3.8, 4) is 5.00 Å². The number of hydrogen-bond donors (Lipinski definition) is 1. The second-order valence-electron chi connectivity index (χ2n) is 9.27. The minimum absolute atomic E-state index is 0.320. The molecule has 0 radical (unpaired) electrons. The molecule has 2 aromatic heterocycles. The van der Waals surface area contributed by atoms with E-state index in [0.29, 0.717) is 17.8 Å². The summed E-state index contributed by atoms with van der Waals surface area (Å²) in [6.45, 7) is 2.11. The van der Waals surface area contributed by atoms with Crippen LogP contribution in [-0.4, -0.2) is 15.5 Å². The summed E-state index contributed by atoms with van der Waals surface area (Å²) >= 11 is 1.81. The summed E-state index contributed by atoms with van der Waals surface area (Å²) in [5.74, 6) is -0.686. The van der Waals surface area contributed by atoms with Gasteiger partial charge in [0.1, 0.15) is 16.6 Å². The first-order valence-corrected chi connectivity index (χ1v) is 12.7. The van der Waals surface area contributed by atoms with Gasteiger partial charge in [0.2, 0.25) is 0 Å². The van der Waals surface area contributed by atoms with E-state index in [1.807, 2.05) is 29.7 Å². The number of benzene rings is 2. The maximum absolute atomic E-state index is 14.2. The lowest BCUT2D eigenvalue weighted by Crippen LogP contribution is -2.38. The fourth-order valence-corrected chi connectivity index (χ4v) is 6.65. The molecule has 0 bridgehead atoms.